The molecule has 0 atom stereocenters. The standard InChI is InChI=1S/C37H40N10O3/c1-22(2)36(49)45-16-12-25(13-17-45)32-19-29(33-34(39)42-21-43-47(32)33)24-7-9-26(10-8-24)44-35(48)30-18-28(31(38)11-15-40-4)23(3)46(37(30)50)27-6-5-14-41-20-27/h5-11,14-15,18-22,25,38,40H,12-13,16-17H2,1-4H3,(H,44,48)(H2,39,42,43)/b15-11-,38-31?. The molecule has 1 aliphatic rings. The summed E-state index contributed by atoms with van der Waals surface area (Å²) in [4.78, 5) is 50.3. The topological polar surface area (TPSA) is 176 Å². The van der Waals surface area contributed by atoms with Crippen molar-refractivity contribution in [2.45, 2.75) is 39.5 Å². The number of hydrogen-bond acceptors (Lipinski definition) is 9. The summed E-state index contributed by atoms with van der Waals surface area (Å²) < 4.78 is 3.25. The van der Waals surface area contributed by atoms with Crippen LogP contribution in [0.1, 0.15) is 59.9 Å². The quantitative estimate of drug-likeness (QED) is 0.165. The van der Waals surface area contributed by atoms with E-state index in [2.05, 4.69) is 31.8 Å². The van der Waals surface area contributed by atoms with E-state index in [1.54, 1.807) is 56.7 Å². The molecular weight excluding hydrogens is 632 g/mol. The maximum atomic E-state index is 13.7. The number of nitrogens with zero attached hydrogens (tertiary/aromatic N) is 6. The van der Waals surface area contributed by atoms with Gasteiger partial charge in [0.25, 0.3) is 11.5 Å². The van der Waals surface area contributed by atoms with Crippen molar-refractivity contribution in [1.29, 1.82) is 5.41 Å². The summed E-state index contributed by atoms with van der Waals surface area (Å²) in [6.07, 6.45) is 9.38. The van der Waals surface area contributed by atoms with E-state index < -0.39 is 11.5 Å². The van der Waals surface area contributed by atoms with Crippen LogP contribution in [-0.4, -0.2) is 66.7 Å². The van der Waals surface area contributed by atoms with Crippen molar-refractivity contribution >= 4 is 34.5 Å². The first-order chi connectivity index (χ1) is 24.1. The lowest BCUT2D eigenvalue weighted by molar-refractivity contribution is -0.135. The van der Waals surface area contributed by atoms with Gasteiger partial charge in [-0.15, -0.1) is 0 Å². The van der Waals surface area contributed by atoms with Crippen molar-refractivity contribution in [3.63, 3.8) is 0 Å². The predicted molar refractivity (Wildman–Crippen MR) is 194 cm³/mol. The Bertz CT molecular complexity index is 2160. The number of carbonyl (C=O) groups is 2. The Morgan fingerprint density at radius 3 is 2.48 bits per heavy atom. The van der Waals surface area contributed by atoms with Gasteiger partial charge in [-0.2, -0.15) is 5.10 Å². The van der Waals surface area contributed by atoms with E-state index in [0.29, 0.717) is 47.1 Å². The van der Waals surface area contributed by atoms with E-state index in [1.165, 1.54) is 23.2 Å². The summed E-state index contributed by atoms with van der Waals surface area (Å²) in [5, 5.41) is 18.9. The van der Waals surface area contributed by atoms with Crippen molar-refractivity contribution in [3.05, 3.63) is 112 Å². The van der Waals surface area contributed by atoms with Crippen LogP contribution < -0.4 is 21.9 Å². The Labute approximate surface area is 289 Å². The molecule has 1 aromatic carbocycles. The van der Waals surface area contributed by atoms with Gasteiger partial charge in [-0.05, 0) is 74.0 Å². The third kappa shape index (κ3) is 6.49. The first-order valence-electron chi connectivity index (χ1n) is 16.5. The normalized spacial score (nSPS) is 13.7. The van der Waals surface area contributed by atoms with Gasteiger partial charge in [-0.1, -0.05) is 26.0 Å². The largest absolute Gasteiger partial charge is 0.394 e. The lowest BCUT2D eigenvalue weighted by atomic mass is 9.92. The second kappa shape index (κ2) is 14.2. The Balaban J connectivity index is 1.29. The van der Waals surface area contributed by atoms with Crippen LogP contribution in [0, 0.1) is 18.3 Å². The molecule has 0 saturated carbocycles. The van der Waals surface area contributed by atoms with Crippen molar-refractivity contribution in [1.82, 2.24) is 34.4 Å². The van der Waals surface area contributed by atoms with Gasteiger partial charge < -0.3 is 26.7 Å². The number of pyridine rings is 2. The maximum absolute atomic E-state index is 13.7. The fourth-order valence-electron chi connectivity index (χ4n) is 6.49. The summed E-state index contributed by atoms with van der Waals surface area (Å²) in [7, 11) is 1.72. The van der Waals surface area contributed by atoms with Gasteiger partial charge in [0.15, 0.2) is 5.82 Å². The molecule has 256 valence electrons. The van der Waals surface area contributed by atoms with Crippen molar-refractivity contribution in [3.8, 4) is 16.8 Å². The molecule has 4 aromatic heterocycles. The average molecular weight is 673 g/mol. The molecule has 5 aromatic rings. The summed E-state index contributed by atoms with van der Waals surface area (Å²) >= 11 is 0. The van der Waals surface area contributed by atoms with Crippen LogP contribution in [-0.2, 0) is 4.79 Å². The van der Waals surface area contributed by atoms with Crippen LogP contribution in [0.2, 0.25) is 0 Å². The Hall–Kier alpha value is -6.11. The molecular formula is C37H40N10O3. The van der Waals surface area contributed by atoms with Crippen LogP contribution >= 0.6 is 0 Å². The average Bonchev–Trinajstić information content (AvgIpc) is 3.52. The van der Waals surface area contributed by atoms with Gasteiger partial charge in [-0.3, -0.25) is 23.9 Å². The van der Waals surface area contributed by atoms with Crippen molar-refractivity contribution in [2.75, 3.05) is 31.2 Å². The van der Waals surface area contributed by atoms with E-state index in [-0.39, 0.29) is 29.0 Å². The minimum atomic E-state index is -0.608. The number of anilines is 2. The minimum Gasteiger partial charge on any atom is -0.394 e. The molecule has 5 N–H and O–H groups in total. The molecule has 1 aliphatic heterocycles. The molecule has 1 saturated heterocycles. The van der Waals surface area contributed by atoms with E-state index in [1.807, 2.05) is 35.4 Å². The number of likely N-dealkylation sites (tertiary alicyclic amines) is 1. The lowest BCUT2D eigenvalue weighted by Gasteiger charge is -2.33. The third-order valence-corrected chi connectivity index (χ3v) is 9.09. The second-order valence-corrected chi connectivity index (χ2v) is 12.6. The number of aromatic nitrogens is 5. The van der Waals surface area contributed by atoms with Gasteiger partial charge in [0, 0.05) is 66.4 Å². The third-order valence-electron chi connectivity index (χ3n) is 9.09. The first-order valence-corrected chi connectivity index (χ1v) is 16.5. The molecule has 50 heavy (non-hydrogen) atoms. The van der Waals surface area contributed by atoms with E-state index in [4.69, 9.17) is 11.1 Å². The van der Waals surface area contributed by atoms with E-state index in [9.17, 15) is 14.4 Å². The molecule has 13 heteroatoms. The highest BCUT2D eigenvalue weighted by atomic mass is 16.2. The number of allylic oxidation sites excluding steroid dienone is 1. The fraction of sp³-hybridized carbons (Fsp3) is 0.270. The molecule has 13 nitrogen and oxygen atoms in total. The number of fused-ring (bicyclic) bond motifs is 1. The van der Waals surface area contributed by atoms with Crippen molar-refractivity contribution < 1.29 is 9.59 Å². The highest BCUT2D eigenvalue weighted by Crippen LogP contribution is 2.37. The molecule has 0 spiro atoms. The number of amides is 2. The molecule has 1 fully saturated rings. The SMILES string of the molecule is CN/C=C\C(=N)c1cc(C(=O)Nc2ccc(-c3cc(C4CCN(C(=O)C(C)C)CC4)n4ncnc(N)c34)cc2)c(=O)n(-c2cccnc2)c1C. The van der Waals surface area contributed by atoms with Crippen molar-refractivity contribution in [2.24, 2.45) is 5.92 Å². The zero-order valence-electron chi connectivity index (χ0n) is 28.5. The number of nitrogens with two attached hydrogens (primary N) is 1. The molecule has 0 unspecified atom stereocenters. The highest BCUT2D eigenvalue weighted by Gasteiger charge is 2.29. The zero-order valence-corrected chi connectivity index (χ0v) is 28.5. The summed E-state index contributed by atoms with van der Waals surface area (Å²) in [6, 6.07) is 14.2. The maximum Gasteiger partial charge on any atom is 0.268 e. The molecule has 5 heterocycles. The van der Waals surface area contributed by atoms with Gasteiger partial charge in [0.1, 0.15) is 17.4 Å². The number of carbonyl (C=O) groups excluding carboxylic acids is 2. The summed E-state index contributed by atoms with van der Waals surface area (Å²) in [6.45, 7) is 6.95. The fourth-order valence-corrected chi connectivity index (χ4v) is 6.49. The minimum absolute atomic E-state index is 0.0344. The molecule has 0 aliphatic carbocycles. The van der Waals surface area contributed by atoms with Gasteiger partial charge in [-0.25, -0.2) is 9.50 Å². The summed E-state index contributed by atoms with van der Waals surface area (Å²) in [5.41, 5.74) is 11.2. The number of hydrogen-bond donors (Lipinski definition) is 4. The first kappa shape index (κ1) is 33.8. The van der Waals surface area contributed by atoms with Gasteiger partial charge in [0.05, 0.1) is 17.6 Å². The van der Waals surface area contributed by atoms with Crippen LogP contribution in [0.4, 0.5) is 11.5 Å². The number of benzene rings is 1. The van der Waals surface area contributed by atoms with Crippen LogP contribution in [0.15, 0.2) is 84.3 Å². The molecule has 0 bridgehead atoms. The second-order valence-electron chi connectivity index (χ2n) is 12.6. The smallest absolute Gasteiger partial charge is 0.268 e. The van der Waals surface area contributed by atoms with E-state index in [0.717, 1.165) is 29.7 Å². The van der Waals surface area contributed by atoms with Crippen LogP contribution in [0.25, 0.3) is 22.3 Å². The Kier molecular flexibility index (Phi) is 9.57. The molecule has 0 radical (unpaired) electrons. The Morgan fingerprint density at radius 1 is 1.08 bits per heavy atom. The number of nitrogens with one attached hydrogen (secondary N) is 3. The predicted octanol–water partition coefficient (Wildman–Crippen LogP) is 4.55. The number of nitrogen functional groups attached to an aromatic ring is 1. The summed E-state index contributed by atoms with van der Waals surface area (Å²) in [5.74, 6) is 0.0642. The van der Waals surface area contributed by atoms with Gasteiger partial charge in [0.2, 0.25) is 5.91 Å². The number of rotatable bonds is 9. The molecule has 6 rings (SSSR count). The monoisotopic (exact) mass is 672 g/mol. The zero-order chi connectivity index (χ0) is 35.5. The Morgan fingerprint density at radius 2 is 1.82 bits per heavy atom. The molecule has 2 amide bonds. The number of piperidine rings is 1. The highest BCUT2D eigenvalue weighted by molar-refractivity contribution is 6.10. The van der Waals surface area contributed by atoms with E-state index >= 15 is 0 Å². The van der Waals surface area contributed by atoms with Crippen LogP contribution in [0.5, 0.6) is 0 Å². The lowest BCUT2D eigenvalue weighted by Crippen LogP contribution is -2.40. The van der Waals surface area contributed by atoms with Gasteiger partial charge >= 0.3 is 0 Å². The van der Waals surface area contributed by atoms with Crippen LogP contribution in [0.3, 0.4) is 0 Å².